The summed E-state index contributed by atoms with van der Waals surface area (Å²) in [5.41, 5.74) is 6.63. The van der Waals surface area contributed by atoms with E-state index in [1.165, 1.54) is 11.5 Å². The molecule has 4 heteroatoms. The van der Waals surface area contributed by atoms with E-state index in [0.717, 1.165) is 16.4 Å². The van der Waals surface area contributed by atoms with Crippen LogP contribution >= 0.6 is 23.3 Å². The molecule has 1 heterocycles. The zero-order valence-electron chi connectivity index (χ0n) is 6.70. The minimum Gasteiger partial charge on any atom is -0.389 e. The number of hydrogen-bond donors (Lipinski definition) is 1. The average Bonchev–Trinajstić information content (AvgIpc) is 2.31. The Balaban J connectivity index is 2.39. The zero-order chi connectivity index (χ0) is 8.27. The van der Waals surface area contributed by atoms with Gasteiger partial charge >= 0.3 is 0 Å². The lowest BCUT2D eigenvalue weighted by atomic mass is 10.5. The van der Waals surface area contributed by atoms with Gasteiger partial charge in [-0.25, -0.2) is 0 Å². The molecule has 11 heavy (non-hydrogen) atoms. The van der Waals surface area contributed by atoms with Crippen LogP contribution in [0.2, 0.25) is 0 Å². The van der Waals surface area contributed by atoms with E-state index in [4.69, 9.17) is 5.73 Å². The first-order chi connectivity index (χ1) is 5.18. The average molecular weight is 188 g/mol. The highest BCUT2D eigenvalue weighted by Gasteiger charge is 2.00. The molecule has 1 aromatic heterocycles. The smallest absolute Gasteiger partial charge is 0.107 e. The van der Waals surface area contributed by atoms with Crippen LogP contribution in [0.25, 0.3) is 0 Å². The van der Waals surface area contributed by atoms with Gasteiger partial charge in [0, 0.05) is 5.75 Å². The monoisotopic (exact) mass is 188 g/mol. The van der Waals surface area contributed by atoms with E-state index < -0.39 is 0 Å². The van der Waals surface area contributed by atoms with Gasteiger partial charge in [-0.3, -0.25) is 0 Å². The summed E-state index contributed by atoms with van der Waals surface area (Å²) in [6.07, 6.45) is 0. The summed E-state index contributed by atoms with van der Waals surface area (Å²) in [5, 5.41) is 1.47. The van der Waals surface area contributed by atoms with Crippen molar-refractivity contribution in [3.63, 3.8) is 0 Å². The molecule has 0 aliphatic heterocycles. The number of nitrogen functional groups attached to an aromatic ring is 1. The minimum atomic E-state index is 0.665. The minimum absolute atomic E-state index is 0.665. The van der Waals surface area contributed by atoms with Crippen LogP contribution in [-0.4, -0.2) is 9.62 Å². The Morgan fingerprint density at radius 2 is 2.45 bits per heavy atom. The largest absolute Gasteiger partial charge is 0.389 e. The highest BCUT2D eigenvalue weighted by molar-refractivity contribution is 7.99. The quantitative estimate of drug-likeness (QED) is 0.791. The lowest BCUT2D eigenvalue weighted by molar-refractivity contribution is 1.10. The standard InChI is InChI=1S/C7H12N2S2/c1-5(2)10-4-6-3-7(8)11-9-6/h3,5H,4,8H2,1-2H3. The highest BCUT2D eigenvalue weighted by atomic mass is 32.2. The first-order valence-electron chi connectivity index (χ1n) is 3.51. The summed E-state index contributed by atoms with van der Waals surface area (Å²) >= 11 is 3.26. The number of nitrogens with two attached hydrogens (primary N) is 1. The van der Waals surface area contributed by atoms with E-state index in [-0.39, 0.29) is 0 Å². The molecule has 0 saturated carbocycles. The number of anilines is 1. The maximum Gasteiger partial charge on any atom is 0.107 e. The van der Waals surface area contributed by atoms with Gasteiger partial charge < -0.3 is 5.73 Å². The fourth-order valence-electron chi connectivity index (χ4n) is 0.648. The van der Waals surface area contributed by atoms with Gasteiger partial charge in [0.2, 0.25) is 0 Å². The van der Waals surface area contributed by atoms with Crippen LogP contribution in [-0.2, 0) is 5.75 Å². The van der Waals surface area contributed by atoms with Gasteiger partial charge in [0.05, 0.1) is 5.69 Å². The summed E-state index contributed by atoms with van der Waals surface area (Å²) in [5.74, 6) is 0.978. The van der Waals surface area contributed by atoms with Crippen LogP contribution in [0.1, 0.15) is 19.5 Å². The number of hydrogen-bond acceptors (Lipinski definition) is 4. The topological polar surface area (TPSA) is 38.9 Å². The van der Waals surface area contributed by atoms with Crippen molar-refractivity contribution >= 4 is 28.3 Å². The van der Waals surface area contributed by atoms with Gasteiger partial charge in [0.1, 0.15) is 5.00 Å². The van der Waals surface area contributed by atoms with Crippen molar-refractivity contribution in [2.45, 2.75) is 24.9 Å². The third-order valence-corrected chi connectivity index (χ3v) is 2.93. The van der Waals surface area contributed by atoms with Crippen molar-refractivity contribution in [2.24, 2.45) is 0 Å². The van der Waals surface area contributed by atoms with E-state index in [1.807, 2.05) is 17.8 Å². The van der Waals surface area contributed by atoms with Crippen molar-refractivity contribution < 1.29 is 0 Å². The van der Waals surface area contributed by atoms with Crippen molar-refractivity contribution in [1.82, 2.24) is 4.37 Å². The van der Waals surface area contributed by atoms with Crippen LogP contribution in [0, 0.1) is 0 Å². The molecule has 0 aliphatic carbocycles. The van der Waals surface area contributed by atoms with Crippen molar-refractivity contribution in [3.8, 4) is 0 Å². The van der Waals surface area contributed by atoms with Crippen LogP contribution in [0.4, 0.5) is 5.00 Å². The summed E-state index contributed by atoms with van der Waals surface area (Å²) < 4.78 is 4.18. The summed E-state index contributed by atoms with van der Waals surface area (Å²) in [7, 11) is 0. The fourth-order valence-corrected chi connectivity index (χ4v) is 1.91. The highest BCUT2D eigenvalue weighted by Crippen LogP contribution is 2.19. The third kappa shape index (κ3) is 3.12. The molecule has 0 aromatic carbocycles. The molecule has 0 atom stereocenters. The second-order valence-electron chi connectivity index (χ2n) is 2.58. The van der Waals surface area contributed by atoms with Crippen LogP contribution < -0.4 is 5.73 Å². The van der Waals surface area contributed by atoms with E-state index >= 15 is 0 Å². The molecule has 0 radical (unpaired) electrons. The molecular formula is C7H12N2S2. The van der Waals surface area contributed by atoms with Gasteiger partial charge in [0.25, 0.3) is 0 Å². The molecule has 0 fully saturated rings. The van der Waals surface area contributed by atoms with Crippen LogP contribution in [0.3, 0.4) is 0 Å². The van der Waals surface area contributed by atoms with E-state index in [0.29, 0.717) is 5.25 Å². The molecule has 62 valence electrons. The summed E-state index contributed by atoms with van der Waals surface area (Å²) in [6.45, 7) is 4.36. The van der Waals surface area contributed by atoms with Crippen LogP contribution in [0.15, 0.2) is 6.07 Å². The van der Waals surface area contributed by atoms with Gasteiger partial charge in [0.15, 0.2) is 0 Å². The maximum atomic E-state index is 5.53. The second-order valence-corrected chi connectivity index (χ2v) is 4.98. The lowest BCUT2D eigenvalue weighted by Crippen LogP contribution is -1.88. The molecule has 1 rings (SSSR count). The van der Waals surface area contributed by atoms with Crippen molar-refractivity contribution in [3.05, 3.63) is 11.8 Å². The van der Waals surface area contributed by atoms with Crippen molar-refractivity contribution in [2.75, 3.05) is 5.73 Å². The lowest BCUT2D eigenvalue weighted by Gasteiger charge is -2.00. The van der Waals surface area contributed by atoms with E-state index in [2.05, 4.69) is 18.2 Å². The molecule has 1 aromatic rings. The number of thioether (sulfide) groups is 1. The summed E-state index contributed by atoms with van der Waals surface area (Å²) in [6, 6.07) is 1.94. The van der Waals surface area contributed by atoms with Gasteiger partial charge in [-0.15, -0.1) is 0 Å². The molecular weight excluding hydrogens is 176 g/mol. The Morgan fingerprint density at radius 1 is 1.73 bits per heavy atom. The normalized spacial score (nSPS) is 10.8. The van der Waals surface area contributed by atoms with E-state index in [9.17, 15) is 0 Å². The van der Waals surface area contributed by atoms with Gasteiger partial charge in [-0.2, -0.15) is 16.1 Å². The molecule has 0 bridgehead atoms. The molecule has 2 N–H and O–H groups in total. The molecule has 0 amide bonds. The molecule has 0 saturated heterocycles. The predicted octanol–water partition coefficient (Wildman–Crippen LogP) is 2.37. The van der Waals surface area contributed by atoms with Gasteiger partial charge in [-0.05, 0) is 22.8 Å². The maximum absolute atomic E-state index is 5.53. The number of aromatic nitrogens is 1. The number of rotatable bonds is 3. The first kappa shape index (κ1) is 8.87. The Bertz CT molecular complexity index is 220. The molecule has 0 aliphatic rings. The first-order valence-corrected chi connectivity index (χ1v) is 5.33. The Hall–Kier alpha value is -0.220. The molecule has 0 spiro atoms. The Kier molecular flexibility index (Phi) is 3.20. The Morgan fingerprint density at radius 3 is 2.91 bits per heavy atom. The molecule has 0 unspecified atom stereocenters. The third-order valence-electron chi connectivity index (χ3n) is 1.14. The molecule has 2 nitrogen and oxygen atoms in total. The fraction of sp³-hybridized carbons (Fsp3) is 0.571. The van der Waals surface area contributed by atoms with Crippen LogP contribution in [0.5, 0.6) is 0 Å². The van der Waals surface area contributed by atoms with E-state index in [1.54, 1.807) is 0 Å². The Labute approximate surface area is 75.4 Å². The SMILES string of the molecule is CC(C)SCc1cc(N)sn1. The summed E-state index contributed by atoms with van der Waals surface area (Å²) in [4.78, 5) is 0. The second kappa shape index (κ2) is 3.97. The predicted molar refractivity (Wildman–Crippen MR) is 53.0 cm³/mol. The van der Waals surface area contributed by atoms with Gasteiger partial charge in [-0.1, -0.05) is 13.8 Å². The zero-order valence-corrected chi connectivity index (χ0v) is 8.34. The number of nitrogens with zero attached hydrogens (tertiary/aromatic N) is 1. The van der Waals surface area contributed by atoms with Crippen molar-refractivity contribution in [1.29, 1.82) is 0 Å².